The van der Waals surface area contributed by atoms with Crippen LogP contribution in [0.3, 0.4) is 0 Å². The van der Waals surface area contributed by atoms with Crippen molar-refractivity contribution in [2.45, 2.75) is 34.1 Å². The fraction of sp³-hybridized carbons (Fsp3) is 0.500. The first kappa shape index (κ1) is 12.8. The van der Waals surface area contributed by atoms with E-state index in [-0.39, 0.29) is 11.7 Å². The Kier molecular flexibility index (Phi) is 4.53. The maximum Gasteiger partial charge on any atom is 0.132 e. The summed E-state index contributed by atoms with van der Waals surface area (Å²) in [6.07, 6.45) is 0.808. The molecule has 0 aliphatic carbocycles. The molecule has 88 valence electrons. The van der Waals surface area contributed by atoms with E-state index in [0.29, 0.717) is 6.61 Å². The minimum absolute atomic E-state index is 0.0948. The largest absolute Gasteiger partial charge is 0.494 e. The first-order chi connectivity index (χ1) is 7.54. The third-order valence-electron chi connectivity index (χ3n) is 2.78. The molecule has 0 aromatic heterocycles. The van der Waals surface area contributed by atoms with Gasteiger partial charge in [0.2, 0.25) is 0 Å². The summed E-state index contributed by atoms with van der Waals surface area (Å²) in [5.74, 6) is 1.27. The van der Waals surface area contributed by atoms with Crippen LogP contribution in [-0.4, -0.2) is 12.4 Å². The van der Waals surface area contributed by atoms with E-state index in [0.717, 1.165) is 17.7 Å². The van der Waals surface area contributed by atoms with E-state index in [1.54, 1.807) is 6.92 Å². The number of carbonyl (C=O) groups is 1. The van der Waals surface area contributed by atoms with Crippen LogP contribution in [0.1, 0.15) is 31.9 Å². The van der Waals surface area contributed by atoms with Crippen molar-refractivity contribution in [3.63, 3.8) is 0 Å². The number of ketones is 1. The van der Waals surface area contributed by atoms with Gasteiger partial charge in [0.1, 0.15) is 11.5 Å². The number of carbonyl (C=O) groups excluding carboxylic acids is 1. The summed E-state index contributed by atoms with van der Waals surface area (Å²) in [5.41, 5.74) is 2.33. The van der Waals surface area contributed by atoms with Gasteiger partial charge in [-0.25, -0.2) is 0 Å². The van der Waals surface area contributed by atoms with E-state index in [2.05, 4.69) is 6.07 Å². The van der Waals surface area contributed by atoms with Gasteiger partial charge < -0.3 is 4.74 Å². The summed E-state index contributed by atoms with van der Waals surface area (Å²) < 4.78 is 5.48. The number of hydrogen-bond donors (Lipinski definition) is 0. The molecule has 1 unspecified atom stereocenters. The molecular weight excluding hydrogens is 200 g/mol. The van der Waals surface area contributed by atoms with Crippen molar-refractivity contribution in [2.24, 2.45) is 5.92 Å². The molecule has 0 heterocycles. The fourth-order valence-corrected chi connectivity index (χ4v) is 1.65. The van der Waals surface area contributed by atoms with Crippen LogP contribution in [0.15, 0.2) is 18.2 Å². The minimum atomic E-state index is 0.0948. The molecule has 1 rings (SSSR count). The number of Topliss-reactive ketones (excluding diaryl/α,β-unsaturated/α-hetero) is 1. The Morgan fingerprint density at radius 1 is 1.44 bits per heavy atom. The zero-order valence-corrected chi connectivity index (χ0v) is 10.5. The van der Waals surface area contributed by atoms with Crippen LogP contribution in [-0.2, 0) is 11.2 Å². The predicted molar refractivity (Wildman–Crippen MR) is 65.9 cm³/mol. The predicted octanol–water partition coefficient (Wildman–Crippen LogP) is 3.16. The van der Waals surface area contributed by atoms with Crippen LogP contribution in [0.5, 0.6) is 5.75 Å². The second-order valence-corrected chi connectivity index (χ2v) is 4.25. The lowest BCUT2D eigenvalue weighted by Crippen LogP contribution is -2.09. The monoisotopic (exact) mass is 220 g/mol. The highest BCUT2D eigenvalue weighted by Crippen LogP contribution is 2.20. The van der Waals surface area contributed by atoms with Crippen LogP contribution in [0.4, 0.5) is 0 Å². The molecule has 0 bridgehead atoms. The van der Waals surface area contributed by atoms with Gasteiger partial charge in [-0.1, -0.05) is 19.1 Å². The Morgan fingerprint density at radius 2 is 2.12 bits per heavy atom. The SMILES string of the molecule is CCOc1ccc(CC(C)C(C)=O)cc1C. The lowest BCUT2D eigenvalue weighted by molar-refractivity contribution is -0.120. The Labute approximate surface area is 97.6 Å². The molecule has 16 heavy (non-hydrogen) atoms. The Hall–Kier alpha value is -1.31. The highest BCUT2D eigenvalue weighted by molar-refractivity contribution is 5.78. The molecule has 1 aromatic carbocycles. The van der Waals surface area contributed by atoms with Gasteiger partial charge in [-0.3, -0.25) is 4.79 Å². The van der Waals surface area contributed by atoms with Crippen molar-refractivity contribution in [3.8, 4) is 5.75 Å². The van der Waals surface area contributed by atoms with E-state index in [9.17, 15) is 4.79 Å². The molecule has 0 spiro atoms. The molecule has 0 aliphatic rings. The molecule has 1 aromatic rings. The average Bonchev–Trinajstić information content (AvgIpc) is 2.22. The summed E-state index contributed by atoms with van der Waals surface area (Å²) >= 11 is 0. The maximum atomic E-state index is 11.2. The Bertz CT molecular complexity index is 369. The smallest absolute Gasteiger partial charge is 0.132 e. The lowest BCUT2D eigenvalue weighted by atomic mass is 9.97. The van der Waals surface area contributed by atoms with Crippen molar-refractivity contribution < 1.29 is 9.53 Å². The first-order valence-corrected chi connectivity index (χ1v) is 5.77. The summed E-state index contributed by atoms with van der Waals surface area (Å²) in [5, 5.41) is 0. The lowest BCUT2D eigenvalue weighted by Gasteiger charge is -2.11. The number of ether oxygens (including phenoxy) is 1. The quantitative estimate of drug-likeness (QED) is 0.762. The van der Waals surface area contributed by atoms with E-state index in [4.69, 9.17) is 4.74 Å². The van der Waals surface area contributed by atoms with Gasteiger partial charge in [0, 0.05) is 5.92 Å². The van der Waals surface area contributed by atoms with Gasteiger partial charge in [0.25, 0.3) is 0 Å². The molecule has 0 fully saturated rings. The normalized spacial score (nSPS) is 12.2. The van der Waals surface area contributed by atoms with Gasteiger partial charge in [-0.05, 0) is 44.4 Å². The van der Waals surface area contributed by atoms with Gasteiger partial charge in [-0.15, -0.1) is 0 Å². The minimum Gasteiger partial charge on any atom is -0.494 e. The van der Waals surface area contributed by atoms with Crippen molar-refractivity contribution in [2.75, 3.05) is 6.61 Å². The van der Waals surface area contributed by atoms with E-state index in [1.807, 2.05) is 32.9 Å². The fourth-order valence-electron chi connectivity index (χ4n) is 1.65. The number of aryl methyl sites for hydroxylation is 1. The summed E-state index contributed by atoms with van der Waals surface area (Å²) in [6, 6.07) is 6.13. The van der Waals surface area contributed by atoms with E-state index >= 15 is 0 Å². The highest BCUT2D eigenvalue weighted by atomic mass is 16.5. The van der Waals surface area contributed by atoms with Crippen LogP contribution < -0.4 is 4.74 Å². The molecule has 0 aliphatic heterocycles. The molecule has 0 amide bonds. The summed E-state index contributed by atoms with van der Waals surface area (Å²) in [6.45, 7) is 8.31. The zero-order chi connectivity index (χ0) is 12.1. The van der Waals surface area contributed by atoms with E-state index in [1.165, 1.54) is 5.56 Å². The van der Waals surface area contributed by atoms with E-state index < -0.39 is 0 Å². The van der Waals surface area contributed by atoms with Crippen molar-refractivity contribution in [1.29, 1.82) is 0 Å². The second kappa shape index (κ2) is 5.69. The van der Waals surface area contributed by atoms with Crippen LogP contribution in [0.25, 0.3) is 0 Å². The molecule has 1 atom stereocenters. The highest BCUT2D eigenvalue weighted by Gasteiger charge is 2.09. The molecule has 0 saturated heterocycles. The van der Waals surface area contributed by atoms with Crippen molar-refractivity contribution >= 4 is 5.78 Å². The van der Waals surface area contributed by atoms with Crippen LogP contribution in [0.2, 0.25) is 0 Å². The molecule has 0 saturated carbocycles. The van der Waals surface area contributed by atoms with Gasteiger partial charge in [0.05, 0.1) is 6.61 Å². The standard InChI is InChI=1S/C14H20O2/c1-5-16-14-7-6-13(9-11(14)3)8-10(2)12(4)15/h6-7,9-10H,5,8H2,1-4H3. The van der Waals surface area contributed by atoms with Crippen molar-refractivity contribution in [1.82, 2.24) is 0 Å². The maximum absolute atomic E-state index is 11.2. The van der Waals surface area contributed by atoms with Crippen LogP contribution in [0, 0.1) is 12.8 Å². The third-order valence-corrected chi connectivity index (χ3v) is 2.78. The topological polar surface area (TPSA) is 26.3 Å². The Balaban J connectivity index is 2.77. The average molecular weight is 220 g/mol. The molecule has 0 N–H and O–H groups in total. The van der Waals surface area contributed by atoms with Crippen molar-refractivity contribution in [3.05, 3.63) is 29.3 Å². The second-order valence-electron chi connectivity index (χ2n) is 4.25. The summed E-state index contributed by atoms with van der Waals surface area (Å²) in [7, 11) is 0. The Morgan fingerprint density at radius 3 is 2.62 bits per heavy atom. The third kappa shape index (κ3) is 3.37. The van der Waals surface area contributed by atoms with Gasteiger partial charge in [0.15, 0.2) is 0 Å². The molecular formula is C14H20O2. The zero-order valence-electron chi connectivity index (χ0n) is 10.5. The number of benzene rings is 1. The first-order valence-electron chi connectivity index (χ1n) is 5.77. The number of hydrogen-bond acceptors (Lipinski definition) is 2. The number of rotatable bonds is 5. The van der Waals surface area contributed by atoms with Gasteiger partial charge >= 0.3 is 0 Å². The summed E-state index contributed by atoms with van der Waals surface area (Å²) in [4.78, 5) is 11.2. The molecule has 2 heteroatoms. The van der Waals surface area contributed by atoms with Crippen LogP contribution >= 0.6 is 0 Å². The molecule has 0 radical (unpaired) electrons. The molecule has 2 nitrogen and oxygen atoms in total. The van der Waals surface area contributed by atoms with Gasteiger partial charge in [-0.2, -0.15) is 0 Å².